The Morgan fingerprint density at radius 1 is 1.09 bits per heavy atom. The third kappa shape index (κ3) is 4.39. The van der Waals surface area contributed by atoms with Crippen molar-refractivity contribution in [1.82, 2.24) is 4.90 Å². The molecule has 0 saturated carbocycles. The lowest BCUT2D eigenvalue weighted by Gasteiger charge is -2.23. The van der Waals surface area contributed by atoms with Gasteiger partial charge in [-0.05, 0) is 37.1 Å². The minimum absolute atomic E-state index is 0.0820. The van der Waals surface area contributed by atoms with Gasteiger partial charge in [-0.3, -0.25) is 14.4 Å². The average molecular weight is 437 g/mol. The maximum atomic E-state index is 12.9. The first-order valence-electron chi connectivity index (χ1n) is 10.6. The first-order valence-corrected chi connectivity index (χ1v) is 10.6. The van der Waals surface area contributed by atoms with Crippen molar-refractivity contribution in [2.75, 3.05) is 43.6 Å². The minimum Gasteiger partial charge on any atom is -0.486 e. The Morgan fingerprint density at radius 3 is 2.50 bits per heavy atom. The van der Waals surface area contributed by atoms with Gasteiger partial charge < -0.3 is 24.6 Å². The molecule has 1 fully saturated rings. The Kier molecular flexibility index (Phi) is 6.03. The first-order chi connectivity index (χ1) is 15.3. The summed E-state index contributed by atoms with van der Waals surface area (Å²) in [6.07, 6.45) is 0.107. The van der Waals surface area contributed by atoms with Crippen molar-refractivity contribution in [3.63, 3.8) is 0 Å². The van der Waals surface area contributed by atoms with Gasteiger partial charge in [0.2, 0.25) is 17.7 Å². The third-order valence-electron chi connectivity index (χ3n) is 5.81. The van der Waals surface area contributed by atoms with Crippen LogP contribution >= 0.6 is 0 Å². The molecule has 2 aliphatic rings. The Balaban J connectivity index is 1.38. The quantitative estimate of drug-likeness (QED) is 0.777. The van der Waals surface area contributed by atoms with E-state index in [4.69, 9.17) is 9.47 Å². The van der Waals surface area contributed by atoms with Gasteiger partial charge in [-0.25, -0.2) is 0 Å². The number of para-hydroxylation sites is 1. The number of rotatable bonds is 5. The van der Waals surface area contributed by atoms with E-state index in [1.165, 1.54) is 4.90 Å². The number of ether oxygens (including phenoxy) is 2. The molecule has 0 spiro atoms. The van der Waals surface area contributed by atoms with Gasteiger partial charge >= 0.3 is 0 Å². The normalized spacial score (nSPS) is 17.3. The van der Waals surface area contributed by atoms with Crippen LogP contribution in [0.4, 0.5) is 11.4 Å². The van der Waals surface area contributed by atoms with Crippen LogP contribution in [0.1, 0.15) is 17.5 Å². The van der Waals surface area contributed by atoms with Gasteiger partial charge in [-0.2, -0.15) is 0 Å². The van der Waals surface area contributed by atoms with Gasteiger partial charge in [-0.15, -0.1) is 0 Å². The van der Waals surface area contributed by atoms with E-state index in [2.05, 4.69) is 5.32 Å². The summed E-state index contributed by atoms with van der Waals surface area (Å²) in [4.78, 5) is 41.1. The number of carbonyl (C=O) groups excluding carboxylic acids is 3. The second kappa shape index (κ2) is 8.90. The highest BCUT2D eigenvalue weighted by Gasteiger charge is 2.37. The summed E-state index contributed by atoms with van der Waals surface area (Å²) in [5.74, 6) is 0.106. The Hall–Kier alpha value is -3.55. The molecule has 1 atom stereocenters. The van der Waals surface area contributed by atoms with Crippen LogP contribution in [-0.2, 0) is 14.4 Å². The number of likely N-dealkylation sites (N-methyl/N-ethyl adjacent to an activating group) is 1. The number of nitrogens with zero attached hydrogens (tertiary/aromatic N) is 2. The second-order valence-corrected chi connectivity index (χ2v) is 8.24. The van der Waals surface area contributed by atoms with E-state index in [0.717, 1.165) is 16.8 Å². The van der Waals surface area contributed by atoms with E-state index in [9.17, 15) is 14.4 Å². The maximum absolute atomic E-state index is 12.9. The topological polar surface area (TPSA) is 88.2 Å². The number of anilines is 2. The average Bonchev–Trinajstić information content (AvgIpc) is 3.17. The van der Waals surface area contributed by atoms with Crippen molar-refractivity contribution < 1.29 is 23.9 Å². The van der Waals surface area contributed by atoms with Crippen molar-refractivity contribution in [3.05, 3.63) is 47.5 Å². The van der Waals surface area contributed by atoms with Crippen LogP contribution in [0, 0.1) is 19.8 Å². The molecule has 2 aliphatic heterocycles. The summed E-state index contributed by atoms with van der Waals surface area (Å²) in [6, 6.07) is 11.1. The number of fused-ring (bicyclic) bond motifs is 1. The number of amides is 3. The number of benzene rings is 2. The van der Waals surface area contributed by atoms with E-state index in [1.54, 1.807) is 30.1 Å². The van der Waals surface area contributed by atoms with E-state index in [1.807, 2.05) is 32.0 Å². The summed E-state index contributed by atoms with van der Waals surface area (Å²) in [7, 11) is 1.59. The van der Waals surface area contributed by atoms with Crippen LogP contribution in [-0.4, -0.2) is 56.0 Å². The zero-order valence-corrected chi connectivity index (χ0v) is 18.5. The van der Waals surface area contributed by atoms with Crippen molar-refractivity contribution in [3.8, 4) is 11.5 Å². The predicted molar refractivity (Wildman–Crippen MR) is 120 cm³/mol. The fourth-order valence-electron chi connectivity index (χ4n) is 4.12. The zero-order valence-electron chi connectivity index (χ0n) is 18.5. The molecule has 8 heteroatoms. The van der Waals surface area contributed by atoms with Gasteiger partial charge in [0.15, 0.2) is 11.5 Å². The monoisotopic (exact) mass is 437 g/mol. The van der Waals surface area contributed by atoms with Crippen molar-refractivity contribution in [2.24, 2.45) is 5.92 Å². The summed E-state index contributed by atoms with van der Waals surface area (Å²) in [5.41, 5.74) is 3.36. The molecule has 2 aromatic rings. The molecule has 0 radical (unpaired) electrons. The molecule has 0 aliphatic carbocycles. The third-order valence-corrected chi connectivity index (χ3v) is 5.81. The molecule has 3 amide bonds. The Morgan fingerprint density at radius 2 is 1.78 bits per heavy atom. The number of carbonyl (C=O) groups is 3. The highest BCUT2D eigenvalue weighted by molar-refractivity contribution is 6.01. The smallest absolute Gasteiger partial charge is 0.243 e. The maximum Gasteiger partial charge on any atom is 0.243 e. The van der Waals surface area contributed by atoms with Crippen molar-refractivity contribution in [1.29, 1.82) is 0 Å². The fourth-order valence-corrected chi connectivity index (χ4v) is 4.12. The molecule has 8 nitrogen and oxygen atoms in total. The molecule has 168 valence electrons. The van der Waals surface area contributed by atoms with Crippen molar-refractivity contribution in [2.45, 2.75) is 20.3 Å². The lowest BCUT2D eigenvalue weighted by atomic mass is 10.1. The second-order valence-electron chi connectivity index (χ2n) is 8.24. The molecule has 2 aromatic carbocycles. The van der Waals surface area contributed by atoms with Gasteiger partial charge in [-0.1, -0.05) is 18.2 Å². The molecule has 2 heterocycles. The largest absolute Gasteiger partial charge is 0.486 e. The fraction of sp³-hybridized carbons (Fsp3) is 0.375. The van der Waals surface area contributed by atoms with Crippen LogP contribution in [0.2, 0.25) is 0 Å². The van der Waals surface area contributed by atoms with Crippen LogP contribution in [0.3, 0.4) is 0 Å². The number of hydrogen-bond acceptors (Lipinski definition) is 5. The molecule has 0 bridgehead atoms. The highest BCUT2D eigenvalue weighted by Crippen LogP contribution is 2.36. The number of aryl methyl sites for hydroxylation is 2. The summed E-state index contributed by atoms with van der Waals surface area (Å²) in [6.45, 7) is 4.99. The zero-order chi connectivity index (χ0) is 22.8. The summed E-state index contributed by atoms with van der Waals surface area (Å²) < 4.78 is 11.1. The van der Waals surface area contributed by atoms with Gasteiger partial charge in [0.1, 0.15) is 13.2 Å². The predicted octanol–water partition coefficient (Wildman–Crippen LogP) is 2.52. The minimum atomic E-state index is -0.506. The SMILES string of the molecule is Cc1cccc(C)c1NC(=O)CN(C)C(=O)C1CC(=O)N(c2ccc3c(c2)OCCO3)C1. The van der Waals surface area contributed by atoms with Crippen LogP contribution in [0.15, 0.2) is 36.4 Å². The summed E-state index contributed by atoms with van der Waals surface area (Å²) >= 11 is 0. The molecule has 1 saturated heterocycles. The molecule has 4 rings (SSSR count). The number of hydrogen-bond donors (Lipinski definition) is 1. The van der Waals surface area contributed by atoms with Gasteiger partial charge in [0.25, 0.3) is 0 Å². The van der Waals surface area contributed by atoms with E-state index in [0.29, 0.717) is 30.4 Å². The van der Waals surface area contributed by atoms with Gasteiger partial charge in [0.05, 0.1) is 12.5 Å². The Labute approximate surface area is 187 Å². The molecular formula is C24H27N3O5. The van der Waals surface area contributed by atoms with E-state index < -0.39 is 5.92 Å². The van der Waals surface area contributed by atoms with E-state index in [-0.39, 0.29) is 37.2 Å². The van der Waals surface area contributed by atoms with Crippen molar-refractivity contribution >= 4 is 29.1 Å². The number of nitrogens with one attached hydrogen (secondary N) is 1. The lowest BCUT2D eigenvalue weighted by Crippen LogP contribution is -2.39. The Bertz CT molecular complexity index is 1050. The first kappa shape index (κ1) is 21.7. The van der Waals surface area contributed by atoms with Gasteiger partial charge in [0, 0.05) is 37.5 Å². The molecule has 0 aromatic heterocycles. The van der Waals surface area contributed by atoms with Crippen LogP contribution in [0.25, 0.3) is 0 Å². The van der Waals surface area contributed by atoms with Crippen LogP contribution < -0.4 is 19.7 Å². The van der Waals surface area contributed by atoms with Crippen LogP contribution in [0.5, 0.6) is 11.5 Å². The molecular weight excluding hydrogens is 410 g/mol. The van der Waals surface area contributed by atoms with E-state index >= 15 is 0 Å². The standard InChI is InChI=1S/C24H27N3O5/c1-15-5-4-6-16(2)23(15)25-21(28)14-26(3)24(30)17-11-22(29)27(13-17)18-7-8-19-20(12-18)32-10-9-31-19/h4-8,12,17H,9-11,13-14H2,1-3H3,(H,25,28). The molecule has 1 N–H and O–H groups in total. The molecule has 1 unspecified atom stereocenters. The summed E-state index contributed by atoms with van der Waals surface area (Å²) in [5, 5.41) is 2.89. The molecule has 32 heavy (non-hydrogen) atoms. The highest BCUT2D eigenvalue weighted by atomic mass is 16.6. The lowest BCUT2D eigenvalue weighted by molar-refractivity contribution is -0.137.